The van der Waals surface area contributed by atoms with Gasteiger partial charge in [-0.3, -0.25) is 9.59 Å². The Labute approximate surface area is 513 Å². The van der Waals surface area contributed by atoms with Crippen LogP contribution in [0.5, 0.6) is 0 Å². The Kier molecular flexibility index (Phi) is 71.2. The number of ether oxygens (including phenoxy) is 2. The lowest BCUT2D eigenvalue weighted by molar-refractivity contribution is -0.161. The van der Waals surface area contributed by atoms with Crippen LogP contribution in [0.2, 0.25) is 0 Å². The molecule has 1 atom stereocenters. The standard InChI is InChI=1S/C77H144O5/c1-3-5-7-9-11-13-15-17-19-21-23-25-27-29-31-33-35-36-37-38-39-40-42-44-46-48-50-52-54-56-58-60-62-64-66-68-70-72-77(80)82-75(73-78)74-81-76(79)71-69-67-65-63-61-59-57-55-53-51-49-47-45-43-41-34-32-30-28-26-24-22-20-18-16-14-12-10-8-6-4-2/h15,17,21-24,27,29,75,78H,3-14,16,18-20,25-26,28,30-74H2,1-2H3/b17-15-,23-21-,24-22-,29-27-. The third-order valence-electron chi connectivity index (χ3n) is 17.1. The third-order valence-corrected chi connectivity index (χ3v) is 17.1. The van der Waals surface area contributed by atoms with Gasteiger partial charge in [-0.1, -0.05) is 371 Å². The zero-order valence-corrected chi connectivity index (χ0v) is 55.5. The van der Waals surface area contributed by atoms with Crippen molar-refractivity contribution in [1.82, 2.24) is 0 Å². The summed E-state index contributed by atoms with van der Waals surface area (Å²) in [4.78, 5) is 24.7. The molecule has 0 aliphatic carbocycles. The minimum atomic E-state index is -0.771. The number of allylic oxidation sites excluding steroid dienone is 8. The van der Waals surface area contributed by atoms with Gasteiger partial charge >= 0.3 is 11.9 Å². The van der Waals surface area contributed by atoms with Crippen LogP contribution in [-0.2, 0) is 19.1 Å². The first-order chi connectivity index (χ1) is 40.6. The lowest BCUT2D eigenvalue weighted by Crippen LogP contribution is -2.28. The molecule has 0 spiro atoms. The number of hydrogen-bond donors (Lipinski definition) is 1. The molecule has 1 N–H and O–H groups in total. The van der Waals surface area contributed by atoms with E-state index in [1.165, 1.54) is 340 Å². The van der Waals surface area contributed by atoms with Gasteiger partial charge in [0.2, 0.25) is 0 Å². The number of aliphatic hydroxyl groups is 1. The molecule has 0 heterocycles. The van der Waals surface area contributed by atoms with Gasteiger partial charge in [-0.2, -0.15) is 0 Å². The number of carbonyl (C=O) groups is 2. The molecule has 0 aliphatic heterocycles. The second kappa shape index (κ2) is 73.1. The first kappa shape index (κ1) is 79.9. The van der Waals surface area contributed by atoms with Crippen molar-refractivity contribution in [3.8, 4) is 0 Å². The summed E-state index contributed by atoms with van der Waals surface area (Å²) >= 11 is 0. The normalized spacial score (nSPS) is 12.4. The van der Waals surface area contributed by atoms with Gasteiger partial charge in [0.1, 0.15) is 6.61 Å². The van der Waals surface area contributed by atoms with Crippen LogP contribution in [0.3, 0.4) is 0 Å². The van der Waals surface area contributed by atoms with Crippen LogP contribution in [0.1, 0.15) is 412 Å². The summed E-state index contributed by atoms with van der Waals surface area (Å²) < 4.78 is 10.8. The molecule has 0 fully saturated rings. The summed E-state index contributed by atoms with van der Waals surface area (Å²) in [6, 6.07) is 0. The van der Waals surface area contributed by atoms with Crippen molar-refractivity contribution in [2.24, 2.45) is 0 Å². The highest BCUT2D eigenvalue weighted by atomic mass is 16.6. The largest absolute Gasteiger partial charge is 0.462 e. The summed E-state index contributed by atoms with van der Waals surface area (Å²) in [5.74, 6) is -0.565. The summed E-state index contributed by atoms with van der Waals surface area (Å²) in [7, 11) is 0. The fraction of sp³-hybridized carbons (Fsp3) is 0.870. The number of unbranched alkanes of at least 4 members (excludes halogenated alkanes) is 54. The van der Waals surface area contributed by atoms with E-state index in [0.29, 0.717) is 12.8 Å². The van der Waals surface area contributed by atoms with Crippen molar-refractivity contribution < 1.29 is 24.2 Å². The molecule has 1 unspecified atom stereocenters. The van der Waals surface area contributed by atoms with Crippen molar-refractivity contribution in [2.45, 2.75) is 418 Å². The summed E-state index contributed by atoms with van der Waals surface area (Å²) in [6.07, 6.45) is 98.9. The van der Waals surface area contributed by atoms with Gasteiger partial charge in [-0.15, -0.1) is 0 Å². The van der Waals surface area contributed by atoms with E-state index >= 15 is 0 Å². The molecule has 0 bridgehead atoms. The number of hydrogen-bond acceptors (Lipinski definition) is 5. The Morgan fingerprint density at radius 3 is 0.744 bits per heavy atom. The molecular formula is C77H144O5. The average Bonchev–Trinajstić information content (AvgIpc) is 3.49. The second-order valence-electron chi connectivity index (χ2n) is 25.4. The Bertz CT molecular complexity index is 1350. The van der Waals surface area contributed by atoms with Crippen molar-refractivity contribution in [2.75, 3.05) is 13.2 Å². The quantitative estimate of drug-likeness (QED) is 0.0373. The Morgan fingerprint density at radius 2 is 0.488 bits per heavy atom. The van der Waals surface area contributed by atoms with Crippen LogP contribution in [0.4, 0.5) is 0 Å². The van der Waals surface area contributed by atoms with Crippen LogP contribution >= 0.6 is 0 Å². The maximum atomic E-state index is 12.4. The number of aliphatic hydroxyl groups excluding tert-OH is 1. The first-order valence-corrected chi connectivity index (χ1v) is 37.2. The van der Waals surface area contributed by atoms with Crippen molar-refractivity contribution >= 4 is 11.9 Å². The molecule has 0 aromatic carbocycles. The van der Waals surface area contributed by atoms with E-state index in [-0.39, 0.29) is 25.2 Å². The number of carbonyl (C=O) groups excluding carboxylic acids is 2. The highest BCUT2D eigenvalue weighted by Gasteiger charge is 2.16. The highest BCUT2D eigenvalue weighted by Crippen LogP contribution is 2.19. The zero-order valence-electron chi connectivity index (χ0n) is 55.5. The summed E-state index contributed by atoms with van der Waals surface area (Å²) in [6.45, 7) is 4.19. The molecule has 482 valence electrons. The van der Waals surface area contributed by atoms with Crippen LogP contribution in [0.25, 0.3) is 0 Å². The molecule has 0 aliphatic rings. The van der Waals surface area contributed by atoms with Gasteiger partial charge in [0.05, 0.1) is 6.61 Å². The van der Waals surface area contributed by atoms with E-state index in [0.717, 1.165) is 44.9 Å². The van der Waals surface area contributed by atoms with Gasteiger partial charge in [0.15, 0.2) is 6.10 Å². The monoisotopic (exact) mass is 1150 g/mol. The first-order valence-electron chi connectivity index (χ1n) is 37.2. The van der Waals surface area contributed by atoms with E-state index in [1.54, 1.807) is 0 Å². The van der Waals surface area contributed by atoms with E-state index in [1.807, 2.05) is 0 Å². The van der Waals surface area contributed by atoms with Crippen molar-refractivity contribution in [3.05, 3.63) is 48.6 Å². The fourth-order valence-corrected chi connectivity index (χ4v) is 11.5. The van der Waals surface area contributed by atoms with Gasteiger partial charge in [0, 0.05) is 12.8 Å². The van der Waals surface area contributed by atoms with E-state index in [4.69, 9.17) is 9.47 Å². The van der Waals surface area contributed by atoms with Crippen molar-refractivity contribution in [1.29, 1.82) is 0 Å². The Morgan fingerprint density at radius 1 is 0.280 bits per heavy atom. The minimum absolute atomic E-state index is 0.0596. The number of esters is 2. The van der Waals surface area contributed by atoms with Gasteiger partial charge in [0.25, 0.3) is 0 Å². The second-order valence-corrected chi connectivity index (χ2v) is 25.4. The van der Waals surface area contributed by atoms with Crippen LogP contribution in [0.15, 0.2) is 48.6 Å². The molecule has 5 heteroatoms. The highest BCUT2D eigenvalue weighted by molar-refractivity contribution is 5.70. The third kappa shape index (κ3) is 70.3. The molecule has 82 heavy (non-hydrogen) atoms. The molecule has 0 aromatic rings. The van der Waals surface area contributed by atoms with Crippen LogP contribution in [-0.4, -0.2) is 36.4 Å². The molecule has 5 nitrogen and oxygen atoms in total. The van der Waals surface area contributed by atoms with E-state index in [2.05, 4.69) is 62.5 Å². The minimum Gasteiger partial charge on any atom is -0.462 e. The number of rotatable bonds is 70. The van der Waals surface area contributed by atoms with E-state index < -0.39 is 6.10 Å². The predicted octanol–water partition coefficient (Wildman–Crippen LogP) is 25.9. The summed E-state index contributed by atoms with van der Waals surface area (Å²) in [5.41, 5.74) is 0. The van der Waals surface area contributed by atoms with Gasteiger partial charge < -0.3 is 14.6 Å². The maximum absolute atomic E-state index is 12.4. The zero-order chi connectivity index (χ0) is 59.1. The lowest BCUT2D eigenvalue weighted by atomic mass is 10.0. The van der Waals surface area contributed by atoms with Crippen LogP contribution in [0, 0.1) is 0 Å². The smallest absolute Gasteiger partial charge is 0.306 e. The molecule has 0 aromatic heterocycles. The maximum Gasteiger partial charge on any atom is 0.306 e. The SMILES string of the molecule is CCCCCCC/C=C\C/C=C\C/C=C\CCCCCCCCCCCCCCCCCCCCCCCCC(=O)OC(CO)COC(=O)CCCCCCCCCCCCCCCCCCCCC/C=C\CCCCCCCCCC. The average molecular weight is 1150 g/mol. The molecule has 0 saturated heterocycles. The molecule has 0 amide bonds. The van der Waals surface area contributed by atoms with Gasteiger partial charge in [-0.25, -0.2) is 0 Å². The van der Waals surface area contributed by atoms with Crippen molar-refractivity contribution in [3.63, 3.8) is 0 Å². The Balaban J connectivity index is 3.38. The molecular weight excluding hydrogens is 1000 g/mol. The van der Waals surface area contributed by atoms with E-state index in [9.17, 15) is 14.7 Å². The van der Waals surface area contributed by atoms with Gasteiger partial charge in [-0.05, 0) is 77.0 Å². The summed E-state index contributed by atoms with van der Waals surface area (Å²) in [5, 5.41) is 9.71. The molecule has 0 rings (SSSR count). The Hall–Kier alpha value is -2.14. The predicted molar refractivity (Wildman–Crippen MR) is 362 cm³/mol. The topological polar surface area (TPSA) is 72.8 Å². The molecule has 0 saturated carbocycles. The molecule has 0 radical (unpaired) electrons. The fourth-order valence-electron chi connectivity index (χ4n) is 11.5. The van der Waals surface area contributed by atoms with Crippen LogP contribution < -0.4 is 0 Å². The lowest BCUT2D eigenvalue weighted by Gasteiger charge is -2.15.